The van der Waals surface area contributed by atoms with E-state index in [2.05, 4.69) is 0 Å². The highest BCUT2D eigenvalue weighted by Gasteiger charge is 1.93. The van der Waals surface area contributed by atoms with Gasteiger partial charge in [-0.3, -0.25) is 4.79 Å². The highest BCUT2D eigenvalue weighted by atomic mass is 16.1. The van der Waals surface area contributed by atoms with Crippen molar-refractivity contribution in [2.45, 2.75) is 0 Å². The summed E-state index contributed by atoms with van der Waals surface area (Å²) in [4.78, 5) is 10.6. The quantitative estimate of drug-likeness (QED) is 0.579. The van der Waals surface area contributed by atoms with E-state index in [0.717, 1.165) is 17.4 Å². The van der Waals surface area contributed by atoms with Crippen LogP contribution in [0.25, 0.3) is 12.2 Å². The van der Waals surface area contributed by atoms with Gasteiger partial charge in [-0.2, -0.15) is 0 Å². The number of nitrogens with zero attached hydrogens (tertiary/aromatic N) is 1. The Kier molecular flexibility index (Phi) is 3.46. The van der Waals surface area contributed by atoms with Crippen LogP contribution >= 0.6 is 0 Å². The standard InChI is InChI=1S/C15H14NO/c1-16-9-7-13(8-10-16)5-6-14-3-2-4-15(11-14)12-17/h2-12H,1H3/q+1/b6-5+. The van der Waals surface area contributed by atoms with Gasteiger partial charge >= 0.3 is 0 Å². The molecule has 0 spiro atoms. The van der Waals surface area contributed by atoms with E-state index in [1.807, 2.05) is 66.5 Å². The lowest BCUT2D eigenvalue weighted by atomic mass is 10.1. The number of aryl methyl sites for hydroxylation is 1. The lowest BCUT2D eigenvalue weighted by Gasteiger charge is -1.95. The van der Waals surface area contributed by atoms with E-state index in [0.29, 0.717) is 5.56 Å². The summed E-state index contributed by atoms with van der Waals surface area (Å²) in [5.41, 5.74) is 2.87. The number of rotatable bonds is 3. The van der Waals surface area contributed by atoms with Crippen LogP contribution in [0.5, 0.6) is 0 Å². The third-order valence-corrected chi connectivity index (χ3v) is 2.52. The molecular formula is C15H14NO+. The van der Waals surface area contributed by atoms with E-state index >= 15 is 0 Å². The molecule has 0 saturated carbocycles. The summed E-state index contributed by atoms with van der Waals surface area (Å²) in [6.45, 7) is 0. The number of aromatic nitrogens is 1. The topological polar surface area (TPSA) is 20.9 Å². The maximum Gasteiger partial charge on any atom is 0.169 e. The zero-order valence-electron chi connectivity index (χ0n) is 9.71. The first kappa shape index (κ1) is 11.3. The minimum Gasteiger partial charge on any atom is -0.298 e. The molecule has 0 aliphatic heterocycles. The van der Waals surface area contributed by atoms with Gasteiger partial charge in [0.05, 0.1) is 0 Å². The zero-order chi connectivity index (χ0) is 12.1. The van der Waals surface area contributed by atoms with Crippen molar-refractivity contribution in [2.75, 3.05) is 0 Å². The Labute approximate surface area is 101 Å². The molecule has 0 aliphatic rings. The fraction of sp³-hybridized carbons (Fsp3) is 0.0667. The van der Waals surface area contributed by atoms with Gasteiger partial charge in [0, 0.05) is 17.7 Å². The second kappa shape index (κ2) is 5.21. The number of pyridine rings is 1. The first-order valence-electron chi connectivity index (χ1n) is 5.46. The molecule has 0 saturated heterocycles. The van der Waals surface area contributed by atoms with Crippen molar-refractivity contribution in [3.8, 4) is 0 Å². The smallest absolute Gasteiger partial charge is 0.169 e. The molecule has 0 atom stereocenters. The van der Waals surface area contributed by atoms with Gasteiger partial charge in [0.15, 0.2) is 12.4 Å². The van der Waals surface area contributed by atoms with Crippen molar-refractivity contribution >= 4 is 18.4 Å². The van der Waals surface area contributed by atoms with Crippen LogP contribution in [0.4, 0.5) is 0 Å². The third-order valence-electron chi connectivity index (χ3n) is 2.52. The molecule has 0 aliphatic carbocycles. The molecule has 2 nitrogen and oxygen atoms in total. The molecule has 0 fully saturated rings. The van der Waals surface area contributed by atoms with E-state index in [9.17, 15) is 4.79 Å². The zero-order valence-corrected chi connectivity index (χ0v) is 9.71. The highest BCUT2D eigenvalue weighted by Crippen LogP contribution is 2.08. The largest absolute Gasteiger partial charge is 0.298 e. The summed E-state index contributed by atoms with van der Waals surface area (Å²) >= 11 is 0. The van der Waals surface area contributed by atoms with Crippen molar-refractivity contribution in [3.63, 3.8) is 0 Å². The van der Waals surface area contributed by atoms with Crippen LogP contribution in [-0.2, 0) is 7.05 Å². The number of aldehydes is 1. The van der Waals surface area contributed by atoms with Crippen LogP contribution < -0.4 is 4.57 Å². The summed E-state index contributed by atoms with van der Waals surface area (Å²) in [7, 11) is 1.99. The third kappa shape index (κ3) is 3.11. The van der Waals surface area contributed by atoms with Crippen molar-refractivity contribution < 1.29 is 9.36 Å². The van der Waals surface area contributed by atoms with Gasteiger partial charge in [-0.25, -0.2) is 4.57 Å². The normalized spacial score (nSPS) is 10.6. The molecule has 17 heavy (non-hydrogen) atoms. The maximum atomic E-state index is 10.6. The molecule has 2 rings (SSSR count). The van der Waals surface area contributed by atoms with E-state index in [4.69, 9.17) is 0 Å². The molecule has 2 heteroatoms. The number of carbonyl (C=O) groups is 1. The molecule has 0 amide bonds. The van der Waals surface area contributed by atoms with Crippen LogP contribution in [-0.4, -0.2) is 6.29 Å². The van der Waals surface area contributed by atoms with Crippen LogP contribution in [0.3, 0.4) is 0 Å². The second-order valence-corrected chi connectivity index (χ2v) is 3.92. The lowest BCUT2D eigenvalue weighted by molar-refractivity contribution is -0.671. The minimum absolute atomic E-state index is 0.701. The fourth-order valence-electron chi connectivity index (χ4n) is 1.55. The number of benzene rings is 1. The Morgan fingerprint density at radius 2 is 1.59 bits per heavy atom. The van der Waals surface area contributed by atoms with Crippen molar-refractivity contribution in [2.24, 2.45) is 7.05 Å². The molecule has 0 N–H and O–H groups in total. The molecular weight excluding hydrogens is 210 g/mol. The summed E-state index contributed by atoms with van der Waals surface area (Å²) in [5, 5.41) is 0. The Balaban J connectivity index is 2.19. The first-order valence-corrected chi connectivity index (χ1v) is 5.46. The van der Waals surface area contributed by atoms with Gasteiger partial charge in [0.2, 0.25) is 0 Å². The maximum absolute atomic E-state index is 10.6. The number of hydrogen-bond acceptors (Lipinski definition) is 1. The predicted octanol–water partition coefficient (Wildman–Crippen LogP) is 2.49. The number of carbonyl (C=O) groups excluding carboxylic acids is 1. The average molecular weight is 224 g/mol. The van der Waals surface area contributed by atoms with E-state index in [1.165, 1.54) is 0 Å². The fourth-order valence-corrected chi connectivity index (χ4v) is 1.55. The molecule has 1 aromatic carbocycles. The first-order chi connectivity index (χ1) is 8.28. The minimum atomic E-state index is 0.701. The second-order valence-electron chi connectivity index (χ2n) is 3.92. The Morgan fingerprint density at radius 3 is 2.29 bits per heavy atom. The van der Waals surface area contributed by atoms with E-state index in [1.54, 1.807) is 6.07 Å². The Bertz CT molecular complexity index is 541. The van der Waals surface area contributed by atoms with Gasteiger partial charge in [-0.05, 0) is 17.2 Å². The van der Waals surface area contributed by atoms with Gasteiger partial charge in [-0.15, -0.1) is 0 Å². The van der Waals surface area contributed by atoms with Gasteiger partial charge in [0.1, 0.15) is 13.3 Å². The molecule has 0 bridgehead atoms. The van der Waals surface area contributed by atoms with E-state index < -0.39 is 0 Å². The van der Waals surface area contributed by atoms with Gasteiger partial charge in [0.25, 0.3) is 0 Å². The molecule has 2 aromatic rings. The van der Waals surface area contributed by atoms with Crippen LogP contribution in [0.15, 0.2) is 48.8 Å². The predicted molar refractivity (Wildman–Crippen MR) is 68.4 cm³/mol. The van der Waals surface area contributed by atoms with Crippen molar-refractivity contribution in [1.82, 2.24) is 0 Å². The lowest BCUT2D eigenvalue weighted by Crippen LogP contribution is -2.25. The Morgan fingerprint density at radius 1 is 0.941 bits per heavy atom. The van der Waals surface area contributed by atoms with Gasteiger partial charge in [-0.1, -0.05) is 30.4 Å². The molecule has 84 valence electrons. The van der Waals surface area contributed by atoms with Crippen LogP contribution in [0.2, 0.25) is 0 Å². The van der Waals surface area contributed by atoms with Gasteiger partial charge < -0.3 is 0 Å². The monoisotopic (exact) mass is 224 g/mol. The average Bonchev–Trinajstić information content (AvgIpc) is 2.38. The van der Waals surface area contributed by atoms with E-state index in [-0.39, 0.29) is 0 Å². The van der Waals surface area contributed by atoms with Crippen molar-refractivity contribution in [3.05, 3.63) is 65.5 Å². The van der Waals surface area contributed by atoms with Crippen LogP contribution in [0, 0.1) is 0 Å². The summed E-state index contributed by atoms with van der Waals surface area (Å²) < 4.78 is 1.99. The van der Waals surface area contributed by atoms with Crippen LogP contribution in [0.1, 0.15) is 21.5 Å². The summed E-state index contributed by atoms with van der Waals surface area (Å²) in [6.07, 6.45) is 8.90. The molecule has 1 heterocycles. The summed E-state index contributed by atoms with van der Waals surface area (Å²) in [5.74, 6) is 0. The Hall–Kier alpha value is -2.22. The summed E-state index contributed by atoms with van der Waals surface area (Å²) in [6, 6.07) is 11.6. The SMILES string of the molecule is C[n+]1ccc(/C=C/c2cccc(C=O)c2)cc1. The molecule has 0 radical (unpaired) electrons. The van der Waals surface area contributed by atoms with Crippen molar-refractivity contribution in [1.29, 1.82) is 0 Å². The highest BCUT2D eigenvalue weighted by molar-refractivity contribution is 5.78. The molecule has 1 aromatic heterocycles. The number of hydrogen-bond donors (Lipinski definition) is 0. The molecule has 0 unspecified atom stereocenters.